The van der Waals surface area contributed by atoms with E-state index in [9.17, 15) is 38.4 Å². The van der Waals surface area contributed by atoms with Gasteiger partial charge in [-0.15, -0.1) is 0 Å². The van der Waals surface area contributed by atoms with Crippen LogP contribution in [0.2, 0.25) is 0 Å². The maximum atomic E-state index is 11.9. The first-order valence-corrected chi connectivity index (χ1v) is 18.3. The SMILES string of the molecule is CC(=O)C(CC(=O)c1ccc(Br)cc1)C(C)=O.CC(=O)CC(C)=O.CC(=O)CCC(=O)c1ccc(Br)cc1.O=C(CBr)c1ccc(Br)cc1. The van der Waals surface area contributed by atoms with Crippen LogP contribution in [0, 0.1) is 5.92 Å². The Kier molecular flexibility index (Phi) is 23.4. The van der Waals surface area contributed by atoms with Gasteiger partial charge in [0.2, 0.25) is 0 Å². The highest BCUT2D eigenvalue weighted by Gasteiger charge is 2.23. The lowest BCUT2D eigenvalue weighted by Crippen LogP contribution is -2.22. The largest absolute Gasteiger partial charge is 0.300 e. The third-order valence-corrected chi connectivity index (χ3v) is 8.29. The van der Waals surface area contributed by atoms with E-state index in [1.165, 1.54) is 34.6 Å². The summed E-state index contributed by atoms with van der Waals surface area (Å²) in [6.45, 7) is 6.97. The van der Waals surface area contributed by atoms with E-state index in [1.54, 1.807) is 48.5 Å². The number of alkyl halides is 1. The molecule has 0 aliphatic rings. The van der Waals surface area contributed by atoms with Crippen molar-refractivity contribution in [2.24, 2.45) is 5.92 Å². The first-order chi connectivity index (χ1) is 22.9. The standard InChI is InChI=1S/C13H13BrO3.C11H11BrO2.C8H6Br2O.C5H8O2/c1-8(15)12(9(2)16)7-13(17)10-3-5-11(14)6-4-10;1-8(13)2-7-11(14)9-3-5-10(12)6-4-9;9-5-8(11)6-1-3-7(10)4-2-6;1-4(6)3-5(2)7/h3-6,12H,7H2,1-2H3;3-6H,2,7H2,1H3;1-4H,5H2;3H2,1-2H3. The number of carbonyl (C=O) groups is 8. The van der Waals surface area contributed by atoms with Crippen LogP contribution >= 0.6 is 63.7 Å². The monoisotopic (exact) mass is 926 g/mol. The topological polar surface area (TPSA) is 137 Å². The van der Waals surface area contributed by atoms with Crippen molar-refractivity contribution < 1.29 is 38.4 Å². The third kappa shape index (κ3) is 21.6. The number of Topliss-reactive ketones (excluding diaryl/α,β-unsaturated/α-hetero) is 8. The van der Waals surface area contributed by atoms with Crippen molar-refractivity contribution in [2.75, 3.05) is 5.33 Å². The Balaban J connectivity index is 0.000000655. The van der Waals surface area contributed by atoms with Crippen molar-refractivity contribution >= 4 is 110 Å². The minimum atomic E-state index is -0.814. The molecule has 262 valence electrons. The summed E-state index contributed by atoms with van der Waals surface area (Å²) in [5.41, 5.74) is 1.92. The maximum absolute atomic E-state index is 11.9. The van der Waals surface area contributed by atoms with Crippen LogP contribution in [0.4, 0.5) is 0 Å². The predicted octanol–water partition coefficient (Wildman–Crippen LogP) is 9.40. The Morgan fingerprint density at radius 1 is 0.469 bits per heavy atom. The first kappa shape index (κ1) is 45.9. The average Bonchev–Trinajstić information content (AvgIpc) is 3.03. The second-order valence-corrected chi connectivity index (χ2v) is 14.0. The molecule has 49 heavy (non-hydrogen) atoms. The molecule has 0 amide bonds. The molecule has 0 aromatic heterocycles. The second kappa shape index (κ2) is 25.0. The van der Waals surface area contributed by atoms with Crippen LogP contribution in [0.3, 0.4) is 0 Å². The Hall–Kier alpha value is -3.06. The molecule has 0 saturated heterocycles. The van der Waals surface area contributed by atoms with Crippen molar-refractivity contribution in [1.82, 2.24) is 0 Å². The fourth-order valence-electron chi connectivity index (χ4n) is 3.65. The smallest absolute Gasteiger partial charge is 0.173 e. The summed E-state index contributed by atoms with van der Waals surface area (Å²) in [5.74, 6) is -1.47. The summed E-state index contributed by atoms with van der Waals surface area (Å²) in [5, 5.41) is 0.384. The van der Waals surface area contributed by atoms with Crippen LogP contribution in [0.1, 0.15) is 91.4 Å². The van der Waals surface area contributed by atoms with Gasteiger partial charge in [-0.05, 0) is 71.0 Å². The molecule has 0 saturated carbocycles. The van der Waals surface area contributed by atoms with E-state index in [4.69, 9.17) is 0 Å². The number of rotatable bonds is 13. The normalized spacial score (nSPS) is 9.76. The zero-order valence-corrected chi connectivity index (χ0v) is 34.2. The number of ketones is 8. The third-order valence-electron chi connectivity index (χ3n) is 6.19. The van der Waals surface area contributed by atoms with Gasteiger partial charge in [0.05, 0.1) is 17.7 Å². The second-order valence-electron chi connectivity index (χ2n) is 10.7. The molecule has 0 fully saturated rings. The lowest BCUT2D eigenvalue weighted by molar-refractivity contribution is -0.130. The highest BCUT2D eigenvalue weighted by molar-refractivity contribution is 9.11. The van der Waals surface area contributed by atoms with Crippen molar-refractivity contribution in [3.63, 3.8) is 0 Å². The molecule has 12 heteroatoms. The Morgan fingerprint density at radius 2 is 0.796 bits per heavy atom. The van der Waals surface area contributed by atoms with E-state index < -0.39 is 5.92 Å². The number of hydrogen-bond acceptors (Lipinski definition) is 8. The zero-order chi connectivity index (χ0) is 37.7. The molecular formula is C37H38Br4O8. The molecule has 0 aliphatic heterocycles. The van der Waals surface area contributed by atoms with E-state index in [2.05, 4.69) is 63.7 Å². The lowest BCUT2D eigenvalue weighted by Gasteiger charge is -2.09. The number of hydrogen-bond donors (Lipinski definition) is 0. The van der Waals surface area contributed by atoms with Gasteiger partial charge in [0.1, 0.15) is 28.9 Å². The maximum Gasteiger partial charge on any atom is 0.173 e. The van der Waals surface area contributed by atoms with Crippen molar-refractivity contribution in [2.45, 2.75) is 60.3 Å². The molecule has 0 N–H and O–H groups in total. The van der Waals surface area contributed by atoms with Crippen molar-refractivity contribution in [3.8, 4) is 0 Å². The Bertz CT molecular complexity index is 1570. The summed E-state index contributed by atoms with van der Waals surface area (Å²) in [4.78, 5) is 87.6. The quantitative estimate of drug-likeness (QED) is 0.0940. The fourth-order valence-corrected chi connectivity index (χ4v) is 4.76. The molecule has 0 radical (unpaired) electrons. The number of benzene rings is 3. The van der Waals surface area contributed by atoms with Crippen molar-refractivity contribution in [1.29, 1.82) is 0 Å². The highest BCUT2D eigenvalue weighted by Crippen LogP contribution is 2.16. The van der Waals surface area contributed by atoms with Gasteiger partial charge in [-0.25, -0.2) is 0 Å². The molecule has 0 aliphatic carbocycles. The molecule has 0 spiro atoms. The van der Waals surface area contributed by atoms with Gasteiger partial charge in [-0.2, -0.15) is 0 Å². The molecule has 3 rings (SSSR count). The van der Waals surface area contributed by atoms with Gasteiger partial charge >= 0.3 is 0 Å². The highest BCUT2D eigenvalue weighted by atomic mass is 79.9. The molecule has 0 heterocycles. The summed E-state index contributed by atoms with van der Waals surface area (Å²) in [6, 6.07) is 21.3. The van der Waals surface area contributed by atoms with Gasteiger partial charge in [0.25, 0.3) is 0 Å². The van der Waals surface area contributed by atoms with Crippen LogP contribution in [0.25, 0.3) is 0 Å². The van der Waals surface area contributed by atoms with Crippen molar-refractivity contribution in [3.05, 3.63) is 103 Å². The first-order valence-electron chi connectivity index (χ1n) is 14.8. The summed E-state index contributed by atoms with van der Waals surface area (Å²) >= 11 is 13.0. The van der Waals surface area contributed by atoms with Crippen LogP contribution in [-0.2, 0) is 24.0 Å². The van der Waals surface area contributed by atoms with Crippen LogP contribution in [0.5, 0.6) is 0 Å². The fraction of sp³-hybridized carbons (Fsp3) is 0.297. The van der Waals surface area contributed by atoms with E-state index in [1.807, 2.05) is 24.3 Å². The van der Waals surface area contributed by atoms with E-state index >= 15 is 0 Å². The lowest BCUT2D eigenvalue weighted by atomic mass is 9.92. The molecule has 3 aromatic rings. The molecule has 8 nitrogen and oxygen atoms in total. The van der Waals surface area contributed by atoms with Gasteiger partial charge < -0.3 is 4.79 Å². The molecule has 3 aromatic carbocycles. The number of halogens is 4. The Labute approximate surface area is 320 Å². The summed E-state index contributed by atoms with van der Waals surface area (Å²) in [7, 11) is 0. The molecular weight excluding hydrogens is 892 g/mol. The minimum Gasteiger partial charge on any atom is -0.300 e. The summed E-state index contributed by atoms with van der Waals surface area (Å²) in [6.07, 6.45) is 0.665. The van der Waals surface area contributed by atoms with Gasteiger partial charge in [-0.1, -0.05) is 100 Å². The average molecular weight is 930 g/mol. The molecule has 0 atom stereocenters. The Morgan fingerprint density at radius 3 is 1.06 bits per heavy atom. The number of carbonyl (C=O) groups excluding carboxylic acids is 8. The van der Waals surface area contributed by atoms with E-state index in [0.29, 0.717) is 29.3 Å². The predicted molar refractivity (Wildman–Crippen MR) is 205 cm³/mol. The summed E-state index contributed by atoms with van der Waals surface area (Å²) < 4.78 is 2.81. The van der Waals surface area contributed by atoms with Crippen LogP contribution in [-0.4, -0.2) is 51.6 Å². The minimum absolute atomic E-state index is 0.0210. The van der Waals surface area contributed by atoms with Crippen LogP contribution in [0.15, 0.2) is 86.2 Å². The van der Waals surface area contributed by atoms with E-state index in [-0.39, 0.29) is 59.1 Å². The molecule has 0 bridgehead atoms. The van der Waals surface area contributed by atoms with Crippen LogP contribution < -0.4 is 0 Å². The van der Waals surface area contributed by atoms with E-state index in [0.717, 1.165) is 19.0 Å². The van der Waals surface area contributed by atoms with Gasteiger partial charge in [0, 0.05) is 49.4 Å². The zero-order valence-electron chi connectivity index (χ0n) is 27.8. The van der Waals surface area contributed by atoms with Gasteiger partial charge in [0.15, 0.2) is 17.3 Å². The van der Waals surface area contributed by atoms with Gasteiger partial charge in [-0.3, -0.25) is 33.6 Å². The molecule has 0 unspecified atom stereocenters.